The first-order chi connectivity index (χ1) is 16.6. The van der Waals surface area contributed by atoms with Crippen molar-refractivity contribution in [2.75, 3.05) is 31.5 Å². The number of ether oxygens (including phenoxy) is 1. The fraction of sp³-hybridized carbons (Fsp3) is 0.308. The minimum atomic E-state index is -0.440. The molecule has 34 heavy (non-hydrogen) atoms. The predicted molar refractivity (Wildman–Crippen MR) is 130 cm³/mol. The van der Waals surface area contributed by atoms with Gasteiger partial charge in [0.1, 0.15) is 11.9 Å². The van der Waals surface area contributed by atoms with Crippen LogP contribution in [0.25, 0.3) is 11.1 Å². The standard InChI is InChI=1S/C26H30N4O4/c27-18-21-10-11-24(33-21)25(31)28-14-17-30-15-12-20(13-16-30)34-26(32)29-23-9-5-4-8-22(23)19-6-2-1-3-7-19/h1-11,20H,12-18,27H2,(H,28,31)(H,29,32). The number of nitrogens with two attached hydrogens (primary N) is 1. The molecule has 0 aliphatic carbocycles. The number of amides is 2. The summed E-state index contributed by atoms with van der Waals surface area (Å²) in [7, 11) is 0. The van der Waals surface area contributed by atoms with Crippen LogP contribution in [0.5, 0.6) is 0 Å². The van der Waals surface area contributed by atoms with Crippen LogP contribution in [0.3, 0.4) is 0 Å². The van der Waals surface area contributed by atoms with Crippen molar-refractivity contribution >= 4 is 17.7 Å². The maximum atomic E-state index is 12.5. The van der Waals surface area contributed by atoms with E-state index in [0.717, 1.165) is 49.3 Å². The molecule has 1 saturated heterocycles. The number of furan rings is 1. The molecule has 178 valence electrons. The van der Waals surface area contributed by atoms with Gasteiger partial charge >= 0.3 is 6.09 Å². The van der Waals surface area contributed by atoms with Crippen molar-refractivity contribution in [3.05, 3.63) is 78.3 Å². The van der Waals surface area contributed by atoms with Gasteiger partial charge in [0.15, 0.2) is 5.76 Å². The topological polar surface area (TPSA) is 110 Å². The van der Waals surface area contributed by atoms with Gasteiger partial charge in [-0.3, -0.25) is 10.1 Å². The van der Waals surface area contributed by atoms with Crippen LogP contribution in [0.2, 0.25) is 0 Å². The van der Waals surface area contributed by atoms with Crippen molar-refractivity contribution in [1.82, 2.24) is 10.2 Å². The number of piperidine rings is 1. The fourth-order valence-electron chi connectivity index (χ4n) is 4.03. The third-order valence-electron chi connectivity index (χ3n) is 5.86. The molecular weight excluding hydrogens is 432 g/mol. The highest BCUT2D eigenvalue weighted by Crippen LogP contribution is 2.28. The van der Waals surface area contributed by atoms with Crippen molar-refractivity contribution in [3.63, 3.8) is 0 Å². The molecule has 3 aromatic rings. The van der Waals surface area contributed by atoms with Gasteiger partial charge in [0.2, 0.25) is 0 Å². The molecule has 0 spiro atoms. The number of carbonyl (C=O) groups is 2. The largest absolute Gasteiger partial charge is 0.455 e. The van der Waals surface area contributed by atoms with Crippen LogP contribution < -0.4 is 16.4 Å². The Bertz CT molecular complexity index is 1090. The summed E-state index contributed by atoms with van der Waals surface area (Å²) in [6.45, 7) is 3.10. The van der Waals surface area contributed by atoms with Gasteiger partial charge in [-0.1, -0.05) is 48.5 Å². The average molecular weight is 463 g/mol. The summed E-state index contributed by atoms with van der Waals surface area (Å²) in [5.41, 5.74) is 8.21. The first-order valence-electron chi connectivity index (χ1n) is 11.5. The van der Waals surface area contributed by atoms with Crippen LogP contribution in [-0.4, -0.2) is 49.2 Å². The van der Waals surface area contributed by atoms with Gasteiger partial charge in [0, 0.05) is 31.7 Å². The van der Waals surface area contributed by atoms with Crippen molar-refractivity contribution in [2.24, 2.45) is 5.73 Å². The lowest BCUT2D eigenvalue weighted by Crippen LogP contribution is -2.42. The lowest BCUT2D eigenvalue weighted by molar-refractivity contribution is 0.0586. The van der Waals surface area contributed by atoms with Gasteiger partial charge in [0.05, 0.1) is 12.2 Å². The highest BCUT2D eigenvalue weighted by Gasteiger charge is 2.23. The quantitative estimate of drug-likeness (QED) is 0.469. The van der Waals surface area contributed by atoms with Crippen LogP contribution in [-0.2, 0) is 11.3 Å². The minimum Gasteiger partial charge on any atom is -0.455 e. The average Bonchev–Trinajstić information content (AvgIpc) is 3.36. The highest BCUT2D eigenvalue weighted by molar-refractivity contribution is 5.92. The first kappa shape index (κ1) is 23.5. The van der Waals surface area contributed by atoms with Crippen LogP contribution in [0.4, 0.5) is 10.5 Å². The van der Waals surface area contributed by atoms with Crippen molar-refractivity contribution in [1.29, 1.82) is 0 Å². The van der Waals surface area contributed by atoms with E-state index in [2.05, 4.69) is 15.5 Å². The summed E-state index contributed by atoms with van der Waals surface area (Å²) < 4.78 is 11.0. The molecule has 0 bridgehead atoms. The number of likely N-dealkylation sites (tertiary alicyclic amines) is 1. The van der Waals surface area contributed by atoms with Gasteiger partial charge in [-0.25, -0.2) is 4.79 Å². The van der Waals surface area contributed by atoms with Gasteiger partial charge in [-0.2, -0.15) is 0 Å². The monoisotopic (exact) mass is 462 g/mol. The van der Waals surface area contributed by atoms with E-state index in [-0.39, 0.29) is 24.3 Å². The zero-order valence-electron chi connectivity index (χ0n) is 19.0. The molecule has 2 aromatic carbocycles. The van der Waals surface area contributed by atoms with Crippen LogP contribution in [0, 0.1) is 0 Å². The molecule has 8 heteroatoms. The van der Waals surface area contributed by atoms with Crippen molar-refractivity contribution in [2.45, 2.75) is 25.5 Å². The molecule has 2 heterocycles. The Morgan fingerprint density at radius 3 is 2.47 bits per heavy atom. The fourth-order valence-corrected chi connectivity index (χ4v) is 4.03. The Kier molecular flexibility index (Phi) is 7.95. The van der Waals surface area contributed by atoms with Gasteiger partial charge < -0.3 is 25.1 Å². The minimum absolute atomic E-state index is 0.132. The first-order valence-corrected chi connectivity index (χ1v) is 11.5. The molecule has 1 aromatic heterocycles. The SMILES string of the molecule is NCc1ccc(C(=O)NCCN2CCC(OC(=O)Nc3ccccc3-c3ccccc3)CC2)o1. The smallest absolute Gasteiger partial charge is 0.411 e. The number of nitrogens with zero attached hydrogens (tertiary/aromatic N) is 1. The van der Waals surface area contributed by atoms with E-state index in [1.807, 2.05) is 54.6 Å². The lowest BCUT2D eigenvalue weighted by atomic mass is 10.0. The molecule has 1 aliphatic heterocycles. The number of anilines is 1. The summed E-state index contributed by atoms with van der Waals surface area (Å²) in [4.78, 5) is 26.9. The molecule has 0 unspecified atom stereocenters. The van der Waals surface area contributed by atoms with Crippen molar-refractivity contribution < 1.29 is 18.7 Å². The third-order valence-corrected chi connectivity index (χ3v) is 5.86. The normalized spacial score (nSPS) is 14.5. The number of carbonyl (C=O) groups excluding carboxylic acids is 2. The highest BCUT2D eigenvalue weighted by atomic mass is 16.6. The number of benzene rings is 2. The third kappa shape index (κ3) is 6.24. The number of hydrogen-bond acceptors (Lipinski definition) is 6. The van der Waals surface area contributed by atoms with E-state index in [1.165, 1.54) is 0 Å². The molecule has 4 rings (SSSR count). The summed E-state index contributed by atoms with van der Waals surface area (Å²) >= 11 is 0. The number of rotatable bonds is 8. The predicted octanol–water partition coefficient (Wildman–Crippen LogP) is 3.85. The molecule has 8 nitrogen and oxygen atoms in total. The van der Waals surface area contributed by atoms with Crippen LogP contribution in [0.1, 0.15) is 29.2 Å². The zero-order chi connectivity index (χ0) is 23.8. The van der Waals surface area contributed by atoms with Gasteiger partial charge in [-0.15, -0.1) is 0 Å². The van der Waals surface area contributed by atoms with E-state index in [9.17, 15) is 9.59 Å². The van der Waals surface area contributed by atoms with E-state index < -0.39 is 6.09 Å². The van der Waals surface area contributed by atoms with Crippen LogP contribution >= 0.6 is 0 Å². The van der Waals surface area contributed by atoms with E-state index in [1.54, 1.807) is 12.1 Å². The summed E-state index contributed by atoms with van der Waals surface area (Å²) in [5, 5.41) is 5.76. The maximum absolute atomic E-state index is 12.5. The summed E-state index contributed by atoms with van der Waals surface area (Å²) in [6.07, 6.45) is 0.927. The van der Waals surface area contributed by atoms with Crippen LogP contribution in [0.15, 0.2) is 71.1 Å². The molecule has 4 N–H and O–H groups in total. The molecule has 1 aliphatic rings. The van der Waals surface area contributed by atoms with E-state index >= 15 is 0 Å². The second-order valence-electron chi connectivity index (χ2n) is 8.21. The molecule has 2 amide bonds. The second kappa shape index (κ2) is 11.5. The number of para-hydroxylation sites is 1. The van der Waals surface area contributed by atoms with Gasteiger partial charge in [-0.05, 0) is 36.6 Å². The Labute approximate surface area is 199 Å². The Morgan fingerprint density at radius 1 is 1.00 bits per heavy atom. The Morgan fingerprint density at radius 2 is 1.74 bits per heavy atom. The van der Waals surface area contributed by atoms with E-state index in [4.69, 9.17) is 14.9 Å². The molecule has 0 radical (unpaired) electrons. The Hall–Kier alpha value is -3.62. The number of nitrogens with one attached hydrogen (secondary N) is 2. The zero-order valence-corrected chi connectivity index (χ0v) is 19.0. The molecule has 0 saturated carbocycles. The molecular formula is C26H30N4O4. The maximum Gasteiger partial charge on any atom is 0.411 e. The summed E-state index contributed by atoms with van der Waals surface area (Å²) in [5.74, 6) is 0.609. The number of hydrogen-bond donors (Lipinski definition) is 3. The summed E-state index contributed by atoms with van der Waals surface area (Å²) in [6, 6.07) is 20.9. The van der Waals surface area contributed by atoms with Gasteiger partial charge in [0.25, 0.3) is 5.91 Å². The van der Waals surface area contributed by atoms with Crippen molar-refractivity contribution in [3.8, 4) is 11.1 Å². The van der Waals surface area contributed by atoms with E-state index in [0.29, 0.717) is 12.3 Å². The second-order valence-corrected chi connectivity index (χ2v) is 8.21. The molecule has 0 atom stereocenters. The Balaban J connectivity index is 1.19. The lowest BCUT2D eigenvalue weighted by Gasteiger charge is -2.31. The molecule has 1 fully saturated rings.